The second-order valence-corrected chi connectivity index (χ2v) is 8.50. The Morgan fingerprint density at radius 1 is 1.25 bits per heavy atom. The largest absolute Gasteiger partial charge is 0.484 e. The van der Waals surface area contributed by atoms with Crippen molar-refractivity contribution in [2.24, 2.45) is 0 Å². The molecule has 0 radical (unpaired) electrons. The van der Waals surface area contributed by atoms with Crippen molar-refractivity contribution in [3.63, 3.8) is 0 Å². The van der Waals surface area contributed by atoms with Gasteiger partial charge in [-0.3, -0.25) is 9.69 Å². The number of rotatable bonds is 5. The fourth-order valence-corrected chi connectivity index (χ4v) is 5.20. The molecule has 4 rings (SSSR count). The van der Waals surface area contributed by atoms with Crippen LogP contribution in [0.4, 0.5) is 4.39 Å². The molecule has 2 aliphatic heterocycles. The fraction of sp³-hybridized carbons (Fsp3) is 0.682. The Bertz CT molecular complexity index is 669. The van der Waals surface area contributed by atoms with Gasteiger partial charge in [-0.05, 0) is 82.3 Å². The summed E-state index contributed by atoms with van der Waals surface area (Å²) in [6.07, 6.45) is 7.80. The zero-order valence-corrected chi connectivity index (χ0v) is 16.7. The first-order valence-electron chi connectivity index (χ1n) is 10.6. The van der Waals surface area contributed by atoms with Gasteiger partial charge in [0.05, 0.1) is 5.60 Å². The molecule has 1 aromatic carbocycles. The third-order valence-corrected chi connectivity index (χ3v) is 6.78. The molecule has 2 saturated heterocycles. The average Bonchev–Trinajstić information content (AvgIpc) is 3.39. The van der Waals surface area contributed by atoms with Crippen LogP contribution in [0.25, 0.3) is 0 Å². The maximum Gasteiger partial charge on any atom is 0.260 e. The molecule has 5 nitrogen and oxygen atoms in total. The van der Waals surface area contributed by atoms with Gasteiger partial charge in [-0.15, -0.1) is 0 Å². The van der Waals surface area contributed by atoms with E-state index in [9.17, 15) is 9.18 Å². The predicted molar refractivity (Wildman–Crippen MR) is 105 cm³/mol. The third-order valence-electron chi connectivity index (χ3n) is 6.78. The van der Waals surface area contributed by atoms with Crippen LogP contribution in [0.15, 0.2) is 24.3 Å². The van der Waals surface area contributed by atoms with Crippen molar-refractivity contribution in [1.29, 1.82) is 0 Å². The summed E-state index contributed by atoms with van der Waals surface area (Å²) in [5.74, 6) is 0.178. The number of nitrogens with zero attached hydrogens (tertiary/aromatic N) is 2. The van der Waals surface area contributed by atoms with Gasteiger partial charge in [0.25, 0.3) is 5.91 Å². The quantitative estimate of drug-likeness (QED) is 0.774. The Hall–Kier alpha value is -1.66. The van der Waals surface area contributed by atoms with Gasteiger partial charge in [-0.1, -0.05) is 0 Å². The highest BCUT2D eigenvalue weighted by Gasteiger charge is 2.47. The molecule has 1 amide bonds. The van der Waals surface area contributed by atoms with Crippen molar-refractivity contribution in [2.75, 3.05) is 33.4 Å². The summed E-state index contributed by atoms with van der Waals surface area (Å²) in [4.78, 5) is 17.3. The number of carbonyl (C=O) groups excluding carboxylic acids is 1. The van der Waals surface area contributed by atoms with E-state index in [0.29, 0.717) is 11.8 Å². The number of halogens is 1. The molecular weight excluding hydrogens is 359 g/mol. The summed E-state index contributed by atoms with van der Waals surface area (Å²) >= 11 is 0. The maximum atomic E-state index is 13.0. The zero-order valence-electron chi connectivity index (χ0n) is 16.7. The van der Waals surface area contributed by atoms with Gasteiger partial charge >= 0.3 is 0 Å². The van der Waals surface area contributed by atoms with E-state index in [1.54, 1.807) is 12.1 Å². The molecule has 3 unspecified atom stereocenters. The minimum Gasteiger partial charge on any atom is -0.484 e. The molecule has 3 aliphatic rings. The third kappa shape index (κ3) is 4.18. The summed E-state index contributed by atoms with van der Waals surface area (Å²) in [6, 6.07) is 6.34. The topological polar surface area (TPSA) is 42.0 Å². The van der Waals surface area contributed by atoms with Gasteiger partial charge < -0.3 is 14.4 Å². The first-order chi connectivity index (χ1) is 13.6. The van der Waals surface area contributed by atoms with Crippen LogP contribution < -0.4 is 4.74 Å². The van der Waals surface area contributed by atoms with Crippen LogP contribution in [0.3, 0.4) is 0 Å². The van der Waals surface area contributed by atoms with E-state index in [1.807, 2.05) is 11.9 Å². The highest BCUT2D eigenvalue weighted by atomic mass is 19.1. The number of ether oxygens (including phenoxy) is 2. The van der Waals surface area contributed by atoms with E-state index in [0.717, 1.165) is 51.8 Å². The van der Waals surface area contributed by atoms with Crippen LogP contribution in [-0.2, 0) is 9.53 Å². The van der Waals surface area contributed by atoms with E-state index in [-0.39, 0.29) is 30.0 Å². The van der Waals surface area contributed by atoms with Crippen LogP contribution >= 0.6 is 0 Å². The van der Waals surface area contributed by atoms with Gasteiger partial charge in [0, 0.05) is 25.7 Å². The van der Waals surface area contributed by atoms with Crippen LogP contribution in [0.5, 0.6) is 5.75 Å². The summed E-state index contributed by atoms with van der Waals surface area (Å²) < 4.78 is 24.8. The maximum absolute atomic E-state index is 13.0. The summed E-state index contributed by atoms with van der Waals surface area (Å²) in [5, 5.41) is 0. The molecule has 2 heterocycles. The summed E-state index contributed by atoms with van der Waals surface area (Å²) in [5.41, 5.74) is 0.0260. The highest BCUT2D eigenvalue weighted by molar-refractivity contribution is 5.78. The predicted octanol–water partition coefficient (Wildman–Crippen LogP) is 3.23. The van der Waals surface area contributed by atoms with Crippen LogP contribution in [0.1, 0.15) is 44.9 Å². The normalized spacial score (nSPS) is 30.6. The van der Waals surface area contributed by atoms with Crippen LogP contribution in [0, 0.1) is 5.82 Å². The number of likely N-dealkylation sites (tertiary alicyclic amines) is 1. The van der Waals surface area contributed by atoms with Crippen molar-refractivity contribution >= 4 is 5.91 Å². The van der Waals surface area contributed by atoms with E-state index in [2.05, 4.69) is 4.90 Å². The molecule has 3 fully saturated rings. The van der Waals surface area contributed by atoms with E-state index >= 15 is 0 Å². The van der Waals surface area contributed by atoms with Crippen molar-refractivity contribution in [1.82, 2.24) is 9.80 Å². The first kappa shape index (κ1) is 19.6. The molecule has 1 saturated carbocycles. The lowest BCUT2D eigenvalue weighted by Gasteiger charge is -2.48. The molecule has 154 valence electrons. The summed E-state index contributed by atoms with van der Waals surface area (Å²) in [6.45, 7) is 3.08. The second-order valence-electron chi connectivity index (χ2n) is 8.50. The molecule has 28 heavy (non-hydrogen) atoms. The Labute approximate surface area is 166 Å². The van der Waals surface area contributed by atoms with E-state index in [1.165, 1.54) is 25.0 Å². The summed E-state index contributed by atoms with van der Waals surface area (Å²) in [7, 11) is 1.90. The number of benzene rings is 1. The van der Waals surface area contributed by atoms with Crippen molar-refractivity contribution in [3.05, 3.63) is 30.1 Å². The van der Waals surface area contributed by atoms with Gasteiger partial charge in [-0.25, -0.2) is 4.39 Å². The Morgan fingerprint density at radius 3 is 2.68 bits per heavy atom. The van der Waals surface area contributed by atoms with Crippen molar-refractivity contribution in [3.8, 4) is 5.75 Å². The Kier molecular flexibility index (Phi) is 5.88. The molecule has 1 spiro atoms. The number of hydrogen-bond acceptors (Lipinski definition) is 4. The lowest BCUT2D eigenvalue weighted by Crippen LogP contribution is -2.58. The SMILES string of the molecule is CN(C(=O)COc1ccc(F)cc1)C1CCC2(CCCO2)CC1N1CCCC1. The Morgan fingerprint density at radius 2 is 2.00 bits per heavy atom. The molecule has 0 N–H and O–H groups in total. The molecule has 1 aromatic rings. The fourth-order valence-electron chi connectivity index (χ4n) is 5.20. The Balaban J connectivity index is 1.41. The van der Waals surface area contributed by atoms with Crippen LogP contribution in [-0.4, -0.2) is 66.7 Å². The molecule has 6 heteroatoms. The average molecular weight is 390 g/mol. The minimum absolute atomic E-state index is 0.0208. The number of carbonyl (C=O) groups is 1. The zero-order chi connectivity index (χ0) is 19.6. The standard InChI is InChI=1S/C22H31FN2O3/c1-24(21(26)16-27-18-7-5-17(23)6-8-18)19-9-11-22(10-4-14-28-22)15-20(19)25-12-2-3-13-25/h5-8,19-20H,2-4,9-16H2,1H3. The van der Waals surface area contributed by atoms with E-state index < -0.39 is 0 Å². The van der Waals surface area contributed by atoms with Gasteiger partial charge in [0.15, 0.2) is 6.61 Å². The van der Waals surface area contributed by atoms with Crippen LogP contribution in [0.2, 0.25) is 0 Å². The minimum atomic E-state index is -0.311. The van der Waals surface area contributed by atoms with Gasteiger partial charge in [-0.2, -0.15) is 0 Å². The van der Waals surface area contributed by atoms with Gasteiger partial charge in [0.2, 0.25) is 0 Å². The van der Waals surface area contributed by atoms with E-state index in [4.69, 9.17) is 9.47 Å². The lowest BCUT2D eigenvalue weighted by atomic mass is 9.76. The molecule has 1 aliphatic carbocycles. The molecular formula is C22H31FN2O3. The monoisotopic (exact) mass is 390 g/mol. The number of hydrogen-bond donors (Lipinski definition) is 0. The van der Waals surface area contributed by atoms with Crippen molar-refractivity contribution in [2.45, 2.75) is 62.6 Å². The molecule has 0 bridgehead atoms. The number of likely N-dealkylation sites (N-methyl/N-ethyl adjacent to an activating group) is 1. The molecule has 3 atom stereocenters. The number of amides is 1. The van der Waals surface area contributed by atoms with Gasteiger partial charge in [0.1, 0.15) is 11.6 Å². The molecule has 0 aromatic heterocycles. The smallest absolute Gasteiger partial charge is 0.260 e. The lowest BCUT2D eigenvalue weighted by molar-refractivity contribution is -0.139. The second kappa shape index (κ2) is 8.37. The first-order valence-corrected chi connectivity index (χ1v) is 10.6. The highest BCUT2D eigenvalue weighted by Crippen LogP contribution is 2.42. The van der Waals surface area contributed by atoms with Crippen molar-refractivity contribution < 1.29 is 18.7 Å².